The summed E-state index contributed by atoms with van der Waals surface area (Å²) in [5.74, 6) is 0. The molecule has 1 N–H and O–H groups in total. The average molecular weight is 446 g/mol. The third-order valence-corrected chi connectivity index (χ3v) is 8.19. The Labute approximate surface area is 172 Å². The number of unbranched alkanes of at least 4 members (excludes halogenated alkanes) is 12. The van der Waals surface area contributed by atoms with Crippen molar-refractivity contribution in [1.82, 2.24) is 0 Å². The normalized spacial score (nSPS) is 14.7. The first-order valence-electron chi connectivity index (χ1n) is 11.6. The second-order valence-corrected chi connectivity index (χ2v) is 12.7. The van der Waals surface area contributed by atoms with Crippen LogP contribution in [0, 0.1) is 0 Å². The summed E-state index contributed by atoms with van der Waals surface area (Å²) >= 11 is -7.68. The van der Waals surface area contributed by atoms with E-state index in [1.165, 1.54) is 0 Å². The fraction of sp³-hybridized carbons (Fsp3) is 1.00. The molecule has 0 amide bonds. The van der Waals surface area contributed by atoms with Gasteiger partial charge in [0.15, 0.2) is 0 Å². The van der Waals surface area contributed by atoms with Crippen molar-refractivity contribution in [3.8, 4) is 0 Å². The van der Waals surface area contributed by atoms with E-state index in [2.05, 4.69) is 20.8 Å². The predicted octanol–water partition coefficient (Wildman–Crippen LogP) is 6.52. The van der Waals surface area contributed by atoms with Gasteiger partial charge in [0, 0.05) is 0 Å². The molecule has 0 rings (SSSR count). The molecule has 171 valence electrons. The van der Waals surface area contributed by atoms with Gasteiger partial charge in [-0.25, -0.2) is 0 Å². The van der Waals surface area contributed by atoms with Gasteiger partial charge in [0.25, 0.3) is 0 Å². The molecule has 0 aromatic rings. The molecular weight excluding hydrogens is 399 g/mol. The van der Waals surface area contributed by atoms with Gasteiger partial charge in [0.1, 0.15) is 0 Å². The summed E-state index contributed by atoms with van der Waals surface area (Å²) in [5, 5.41) is 0. The molecule has 7 heteroatoms. The van der Waals surface area contributed by atoms with Crippen molar-refractivity contribution in [2.75, 3.05) is 19.8 Å². The van der Waals surface area contributed by atoms with Crippen LogP contribution in [0.5, 0.6) is 0 Å². The van der Waals surface area contributed by atoms with Crippen LogP contribution >= 0.6 is 0 Å². The Morgan fingerprint density at radius 2 is 0.750 bits per heavy atom. The van der Waals surface area contributed by atoms with Crippen LogP contribution < -0.4 is 0 Å². The zero-order chi connectivity index (χ0) is 21.3. The summed E-state index contributed by atoms with van der Waals surface area (Å²) < 4.78 is 51.7. The molecule has 0 saturated carbocycles. The Morgan fingerprint density at radius 1 is 0.500 bits per heavy atom. The van der Waals surface area contributed by atoms with Crippen LogP contribution in [0.3, 0.4) is 0 Å². The van der Waals surface area contributed by atoms with Gasteiger partial charge >= 0.3 is 172 Å². The van der Waals surface area contributed by atoms with Crippen LogP contribution in [0.4, 0.5) is 0 Å². The molecule has 0 atom stereocenters. The van der Waals surface area contributed by atoms with E-state index in [1.807, 2.05) is 0 Å². The van der Waals surface area contributed by atoms with Gasteiger partial charge in [-0.1, -0.05) is 0 Å². The maximum atomic E-state index is 13.0. The molecule has 0 heterocycles. The molecule has 28 heavy (non-hydrogen) atoms. The van der Waals surface area contributed by atoms with Gasteiger partial charge in [-0.2, -0.15) is 0 Å². The molecule has 0 spiro atoms. The Bertz CT molecular complexity index is 473. The van der Waals surface area contributed by atoms with Gasteiger partial charge in [0.2, 0.25) is 0 Å². The summed E-state index contributed by atoms with van der Waals surface area (Å²) in [5.41, 5.74) is 0. The Balaban J connectivity index is 4.62. The van der Waals surface area contributed by atoms with Crippen LogP contribution in [0.25, 0.3) is 0 Å². The van der Waals surface area contributed by atoms with Crippen LogP contribution in [0.15, 0.2) is 0 Å². The molecule has 0 aromatic carbocycles. The van der Waals surface area contributed by atoms with Crippen molar-refractivity contribution in [2.24, 2.45) is 0 Å². The van der Waals surface area contributed by atoms with E-state index < -0.39 is 13.1 Å². The predicted molar refractivity (Wildman–Crippen MR) is 108 cm³/mol. The van der Waals surface area contributed by atoms with Crippen molar-refractivity contribution >= 4 is 0 Å². The summed E-state index contributed by atoms with van der Waals surface area (Å²) in [6.07, 6.45) is 13.9. The first kappa shape index (κ1) is 28.0. The fourth-order valence-electron chi connectivity index (χ4n) is 2.99. The molecule has 0 radical (unpaired) electrons. The van der Waals surface area contributed by atoms with Crippen molar-refractivity contribution in [3.63, 3.8) is 0 Å². The van der Waals surface area contributed by atoms with Crippen LogP contribution in [0.1, 0.15) is 117 Å². The second-order valence-electron chi connectivity index (χ2n) is 7.90. The third-order valence-electron chi connectivity index (χ3n) is 4.82. The van der Waals surface area contributed by atoms with E-state index in [-0.39, 0.29) is 19.8 Å². The summed E-state index contributed by atoms with van der Waals surface area (Å²) in [7, 11) is 0. The van der Waals surface area contributed by atoms with Gasteiger partial charge < -0.3 is 0 Å². The number of hydrogen-bond donors (Lipinski definition) is 1. The molecular formula is C21H46O6V. The minimum absolute atomic E-state index is 0.112. The van der Waals surface area contributed by atoms with E-state index >= 15 is 0 Å². The molecule has 0 aliphatic rings. The molecule has 0 saturated heterocycles. The average Bonchev–Trinajstić information content (AvgIpc) is 2.64. The Morgan fingerprint density at radius 3 is 1.00 bits per heavy atom. The first-order chi connectivity index (χ1) is 13.2. The molecule has 0 aliphatic carbocycles. The Kier molecular flexibility index (Phi) is 14.1. The van der Waals surface area contributed by atoms with E-state index in [9.17, 15) is 11.4 Å². The van der Waals surface area contributed by atoms with E-state index in [4.69, 9.17) is 11.0 Å². The maximum absolute atomic E-state index is 13.0. The van der Waals surface area contributed by atoms with E-state index in [0.29, 0.717) is 19.3 Å². The molecule has 0 aromatic heterocycles. The third kappa shape index (κ3) is 14.9. The SMILES string of the molecule is CCCCCCC[O][V](=[O])(=[O])([OH])([O]CCCCCCC)[O]CCCCCCC. The van der Waals surface area contributed by atoms with E-state index in [0.717, 1.165) is 77.0 Å². The van der Waals surface area contributed by atoms with Crippen LogP contribution in [-0.4, -0.2) is 23.9 Å². The zero-order valence-corrected chi connectivity index (χ0v) is 20.1. The topological polar surface area (TPSA) is 82.1 Å². The zero-order valence-electron chi connectivity index (χ0n) is 18.7. The minimum atomic E-state index is -7.68. The van der Waals surface area contributed by atoms with E-state index in [1.54, 1.807) is 0 Å². The van der Waals surface area contributed by atoms with Crippen molar-refractivity contribution in [3.05, 3.63) is 0 Å². The van der Waals surface area contributed by atoms with Gasteiger partial charge in [-0.3, -0.25) is 0 Å². The molecule has 6 nitrogen and oxygen atoms in total. The second kappa shape index (κ2) is 14.1. The summed E-state index contributed by atoms with van der Waals surface area (Å²) in [4.78, 5) is 0. The van der Waals surface area contributed by atoms with Gasteiger partial charge in [0.05, 0.1) is 0 Å². The summed E-state index contributed by atoms with van der Waals surface area (Å²) in [6, 6.07) is 0. The van der Waals surface area contributed by atoms with Gasteiger partial charge in [-0.15, -0.1) is 0 Å². The first-order valence-corrected chi connectivity index (χ1v) is 15.1. The van der Waals surface area contributed by atoms with Crippen molar-refractivity contribution in [1.29, 1.82) is 0 Å². The monoisotopic (exact) mass is 445 g/mol. The quantitative estimate of drug-likeness (QED) is 0.203. The fourth-order valence-corrected chi connectivity index (χ4v) is 5.73. The van der Waals surface area contributed by atoms with Crippen molar-refractivity contribution in [2.45, 2.75) is 117 Å². The molecule has 0 bridgehead atoms. The van der Waals surface area contributed by atoms with Gasteiger partial charge in [-0.05, 0) is 0 Å². The number of hydrogen-bond acceptors (Lipinski definition) is 5. The standard InChI is InChI=1S/3C7H15O.H2O.2O.V/c3*1-2-3-4-5-6-7-8;;;;/h3*2-7H2,1H3;1H2;;;/q3*-1;;;;+4/p-1. The summed E-state index contributed by atoms with van der Waals surface area (Å²) in [6.45, 7) is 6.01. The van der Waals surface area contributed by atoms with Crippen LogP contribution in [-0.2, 0) is 31.4 Å². The molecule has 0 fully saturated rings. The molecule has 0 aliphatic heterocycles. The number of rotatable bonds is 21. The molecule has 0 unspecified atom stereocenters. The van der Waals surface area contributed by atoms with Crippen molar-refractivity contribution < 1.29 is 35.4 Å². The van der Waals surface area contributed by atoms with Crippen LogP contribution in [0.2, 0.25) is 0 Å². The Hall–Kier alpha value is 0.0244.